The first-order valence-electron chi connectivity index (χ1n) is 19.1. The van der Waals surface area contributed by atoms with Crippen molar-refractivity contribution in [2.45, 2.75) is 165 Å². The van der Waals surface area contributed by atoms with Crippen LogP contribution in [-0.2, 0) is 9.53 Å². The smallest absolute Gasteiger partial charge is 0.460 e. The van der Waals surface area contributed by atoms with Gasteiger partial charge in [0.2, 0.25) is 0 Å². The molecular formula is C39H52F13IO3. The van der Waals surface area contributed by atoms with Crippen LogP contribution < -0.4 is 0 Å². The SMILES string of the molecule is CC1(C)CC[C@]2(C(=O)OCC(I)CC(F)(F)C(F)(F)C(F)(F)C(F)(F)C(F)(F)C(F)(F)F)CC[C@]3(C)C(=CC[C@@H]4[C@@]5(C)CC[C@@H](O)C(C)(C)C5CC[C@]43C)[C@@H]2C1. The molecule has 56 heavy (non-hydrogen) atoms. The molecule has 0 aromatic heterocycles. The van der Waals surface area contributed by atoms with Crippen molar-refractivity contribution in [2.24, 2.45) is 50.2 Å². The zero-order chi connectivity index (χ0) is 42.9. The second kappa shape index (κ2) is 13.5. The van der Waals surface area contributed by atoms with Gasteiger partial charge in [-0.15, -0.1) is 0 Å². The van der Waals surface area contributed by atoms with Crippen molar-refractivity contribution in [3.63, 3.8) is 0 Å². The highest BCUT2D eigenvalue weighted by molar-refractivity contribution is 14.1. The summed E-state index contributed by atoms with van der Waals surface area (Å²) < 4.78 is 182. The molecule has 4 saturated carbocycles. The van der Waals surface area contributed by atoms with E-state index in [0.29, 0.717) is 44.4 Å². The Hall–Kier alpha value is -1.01. The first-order chi connectivity index (χ1) is 25.0. The van der Waals surface area contributed by atoms with Gasteiger partial charge in [0.05, 0.1) is 15.4 Å². The number of fused-ring (bicyclic) bond motifs is 7. The number of aliphatic hydroxyl groups is 1. The molecule has 2 unspecified atom stereocenters. The summed E-state index contributed by atoms with van der Waals surface area (Å²) in [6.07, 6.45) is -1.59. The lowest BCUT2D eigenvalue weighted by atomic mass is 9.33. The highest BCUT2D eigenvalue weighted by atomic mass is 127. The number of carbonyl (C=O) groups excluding carboxylic acids is 1. The van der Waals surface area contributed by atoms with E-state index < -0.39 is 70.2 Å². The Morgan fingerprint density at radius 3 is 1.89 bits per heavy atom. The maximum Gasteiger partial charge on any atom is 0.460 e. The van der Waals surface area contributed by atoms with E-state index in [1.807, 2.05) is 0 Å². The molecule has 3 nitrogen and oxygen atoms in total. The van der Waals surface area contributed by atoms with E-state index in [9.17, 15) is 67.0 Å². The summed E-state index contributed by atoms with van der Waals surface area (Å²) in [6, 6.07) is 0. The van der Waals surface area contributed by atoms with Crippen LogP contribution in [0.3, 0.4) is 0 Å². The number of halogens is 14. The first kappa shape index (κ1) is 46.1. The van der Waals surface area contributed by atoms with Gasteiger partial charge in [-0.3, -0.25) is 4.79 Å². The Balaban J connectivity index is 1.38. The summed E-state index contributed by atoms with van der Waals surface area (Å²) in [5.41, 5.74) is -1.18. The normalized spacial score (nSPS) is 38.3. The van der Waals surface area contributed by atoms with E-state index in [0.717, 1.165) is 53.8 Å². The van der Waals surface area contributed by atoms with Gasteiger partial charge < -0.3 is 9.84 Å². The van der Waals surface area contributed by atoms with Crippen LogP contribution in [0.5, 0.6) is 0 Å². The zero-order valence-electron chi connectivity index (χ0n) is 32.5. The molecule has 0 aromatic carbocycles. The first-order valence-corrected chi connectivity index (χ1v) is 20.4. The average molecular weight is 943 g/mol. The van der Waals surface area contributed by atoms with E-state index in [-0.39, 0.29) is 38.9 Å². The predicted molar refractivity (Wildman–Crippen MR) is 189 cm³/mol. The number of alkyl halides is 14. The minimum atomic E-state index is -7.96. The van der Waals surface area contributed by atoms with Gasteiger partial charge in [-0.2, -0.15) is 57.1 Å². The summed E-state index contributed by atoms with van der Waals surface area (Å²) in [4.78, 5) is 14.2. The molecule has 0 aliphatic heterocycles. The fourth-order valence-electron chi connectivity index (χ4n) is 12.2. The Morgan fingerprint density at radius 2 is 1.32 bits per heavy atom. The van der Waals surface area contributed by atoms with E-state index in [2.05, 4.69) is 54.5 Å². The van der Waals surface area contributed by atoms with E-state index in [1.165, 1.54) is 0 Å². The standard InChI is InChI=1S/C39H52F13IO3/c1-28(2)14-16-33(27(55)56-20-21(53)18-34(40,41)35(42,43)36(44,45)37(46,47)38(48,49)39(50,51)52)17-15-31(6)22(23(33)19-28)8-9-25-30(5)12-11-26(54)29(3,4)24(30)10-13-32(25,31)7/h8,21,23-26,54H,9-20H2,1-7H3/t21?,23-,24?,25+,26+,30-,31+,32+,33-/m0/s1. The summed E-state index contributed by atoms with van der Waals surface area (Å²) in [7, 11) is 0. The molecule has 5 rings (SSSR count). The average Bonchev–Trinajstić information content (AvgIpc) is 3.04. The lowest BCUT2D eigenvalue weighted by Gasteiger charge is -2.71. The molecule has 0 aromatic rings. The number of aliphatic hydroxyl groups excluding tert-OH is 1. The number of hydrogen-bond acceptors (Lipinski definition) is 3. The van der Waals surface area contributed by atoms with Gasteiger partial charge >= 0.3 is 41.8 Å². The highest BCUT2D eigenvalue weighted by Gasteiger charge is 2.90. The predicted octanol–water partition coefficient (Wildman–Crippen LogP) is 12.6. The van der Waals surface area contributed by atoms with Crippen molar-refractivity contribution < 1.29 is 71.7 Å². The monoisotopic (exact) mass is 942 g/mol. The van der Waals surface area contributed by atoms with Crippen LogP contribution in [0.15, 0.2) is 11.6 Å². The van der Waals surface area contributed by atoms with Crippen molar-refractivity contribution in [3.05, 3.63) is 11.6 Å². The Kier molecular flexibility index (Phi) is 11.1. The third-order valence-electron chi connectivity index (χ3n) is 15.9. The lowest BCUT2D eigenvalue weighted by Crippen LogP contribution is -2.70. The van der Waals surface area contributed by atoms with Crippen LogP contribution in [0.2, 0.25) is 0 Å². The summed E-state index contributed by atoms with van der Waals surface area (Å²) in [5.74, 6) is -37.9. The van der Waals surface area contributed by atoms with Crippen LogP contribution in [0.25, 0.3) is 0 Å². The Labute approximate surface area is 332 Å². The van der Waals surface area contributed by atoms with Gasteiger partial charge in [0.1, 0.15) is 6.61 Å². The largest absolute Gasteiger partial charge is 0.464 e. The summed E-state index contributed by atoms with van der Waals surface area (Å²) in [6.45, 7) is 14.2. The number of allylic oxidation sites excluding steroid dienone is 2. The molecule has 0 saturated heterocycles. The molecule has 324 valence electrons. The molecule has 0 amide bonds. The van der Waals surface area contributed by atoms with Gasteiger partial charge in [0.15, 0.2) is 0 Å². The molecule has 5 aliphatic carbocycles. The lowest BCUT2D eigenvalue weighted by molar-refractivity contribution is -0.440. The van der Waals surface area contributed by atoms with Crippen molar-refractivity contribution in [3.8, 4) is 0 Å². The second-order valence-electron chi connectivity index (χ2n) is 19.6. The molecule has 0 heterocycles. The number of hydrogen-bond donors (Lipinski definition) is 1. The molecular weight excluding hydrogens is 890 g/mol. The third kappa shape index (κ3) is 6.28. The summed E-state index contributed by atoms with van der Waals surface area (Å²) >= 11 is 1.04. The zero-order valence-corrected chi connectivity index (χ0v) is 34.7. The number of rotatable bonds is 9. The van der Waals surface area contributed by atoms with Gasteiger partial charge in [0, 0.05) is 6.42 Å². The molecule has 17 heteroatoms. The van der Waals surface area contributed by atoms with Crippen LogP contribution in [0.1, 0.15) is 119 Å². The van der Waals surface area contributed by atoms with Gasteiger partial charge in [0.25, 0.3) is 0 Å². The second-order valence-corrected chi connectivity index (χ2v) is 21.4. The van der Waals surface area contributed by atoms with Gasteiger partial charge in [-0.1, -0.05) is 82.7 Å². The van der Waals surface area contributed by atoms with Crippen molar-refractivity contribution in [2.75, 3.05) is 6.61 Å². The Morgan fingerprint density at radius 1 is 0.768 bits per heavy atom. The van der Waals surface area contributed by atoms with Crippen LogP contribution in [0.4, 0.5) is 57.1 Å². The maximum atomic E-state index is 14.7. The minimum absolute atomic E-state index is 0.0622. The van der Waals surface area contributed by atoms with Crippen LogP contribution in [-0.4, -0.2) is 63.5 Å². The van der Waals surface area contributed by atoms with E-state index in [1.54, 1.807) is 0 Å². The molecule has 0 spiro atoms. The van der Waals surface area contributed by atoms with Gasteiger partial charge in [-0.05, 0) is 109 Å². The molecule has 0 bridgehead atoms. The number of ether oxygens (including phenoxy) is 1. The molecule has 5 aliphatic rings. The number of carbonyl (C=O) groups is 1. The van der Waals surface area contributed by atoms with Gasteiger partial charge in [-0.25, -0.2) is 0 Å². The van der Waals surface area contributed by atoms with E-state index in [4.69, 9.17) is 4.74 Å². The Bertz CT molecular complexity index is 1580. The fourth-order valence-corrected chi connectivity index (χ4v) is 12.9. The van der Waals surface area contributed by atoms with Crippen LogP contribution >= 0.6 is 22.6 Å². The van der Waals surface area contributed by atoms with Crippen LogP contribution in [0, 0.1) is 50.2 Å². The molecule has 4 fully saturated rings. The maximum absolute atomic E-state index is 14.7. The fraction of sp³-hybridized carbons (Fsp3) is 0.923. The minimum Gasteiger partial charge on any atom is -0.464 e. The summed E-state index contributed by atoms with van der Waals surface area (Å²) in [5, 5.41) is 11.0. The quantitative estimate of drug-likeness (QED) is 0.0824. The van der Waals surface area contributed by atoms with Crippen molar-refractivity contribution >= 4 is 28.6 Å². The molecule has 1 N–H and O–H groups in total. The molecule has 0 radical (unpaired) electrons. The van der Waals surface area contributed by atoms with Crippen molar-refractivity contribution in [1.29, 1.82) is 0 Å². The highest BCUT2D eigenvalue weighted by Crippen LogP contribution is 2.76. The molecule has 9 atom stereocenters. The number of esters is 1. The topological polar surface area (TPSA) is 46.5 Å². The van der Waals surface area contributed by atoms with Crippen molar-refractivity contribution in [1.82, 2.24) is 0 Å². The third-order valence-corrected chi connectivity index (χ3v) is 16.7. The van der Waals surface area contributed by atoms with E-state index >= 15 is 0 Å².